The highest BCUT2D eigenvalue weighted by Gasteiger charge is 2.16. The number of carboxylic acids is 1. The van der Waals surface area contributed by atoms with Crippen LogP contribution >= 0.6 is 23.1 Å². The summed E-state index contributed by atoms with van der Waals surface area (Å²) in [7, 11) is 0. The van der Waals surface area contributed by atoms with E-state index in [1.54, 1.807) is 19.1 Å². The highest BCUT2D eigenvalue weighted by molar-refractivity contribution is 7.98. The molecule has 0 saturated carbocycles. The standard InChI is InChI=1S/C18H15F2N3O2S2.C2H6/c1-9-16(26-2)18(23-17(21-9)13-5-6-14(20)27-13)22-12-4-3-10(7-11(12)19)8-15(24)25;1-2/h3-7H,8H2,1-2H3,(H,24,25)(H,21,22,23);1-2H3. The Morgan fingerprint density at radius 2 is 1.93 bits per heavy atom. The summed E-state index contributed by atoms with van der Waals surface area (Å²) in [6.07, 6.45) is 1.60. The van der Waals surface area contributed by atoms with Crippen molar-refractivity contribution in [2.45, 2.75) is 32.1 Å². The van der Waals surface area contributed by atoms with Crippen LogP contribution in [-0.4, -0.2) is 27.3 Å². The van der Waals surface area contributed by atoms with Crippen molar-refractivity contribution in [2.24, 2.45) is 0 Å². The number of thiophene rings is 1. The van der Waals surface area contributed by atoms with Crippen molar-refractivity contribution in [2.75, 3.05) is 11.6 Å². The Morgan fingerprint density at radius 1 is 1.21 bits per heavy atom. The Labute approximate surface area is 176 Å². The van der Waals surface area contributed by atoms with E-state index >= 15 is 0 Å². The van der Waals surface area contributed by atoms with E-state index < -0.39 is 11.8 Å². The van der Waals surface area contributed by atoms with Crippen LogP contribution < -0.4 is 5.32 Å². The summed E-state index contributed by atoms with van der Waals surface area (Å²) in [6.45, 7) is 5.80. The van der Waals surface area contributed by atoms with Crippen LogP contribution in [-0.2, 0) is 11.2 Å². The van der Waals surface area contributed by atoms with Crippen LogP contribution in [0.4, 0.5) is 20.3 Å². The van der Waals surface area contributed by atoms with Crippen molar-refractivity contribution in [3.63, 3.8) is 0 Å². The number of halogens is 2. The summed E-state index contributed by atoms with van der Waals surface area (Å²) in [5.41, 5.74) is 1.22. The average molecular weight is 438 g/mol. The number of aromatic nitrogens is 2. The highest BCUT2D eigenvalue weighted by Crippen LogP contribution is 2.33. The van der Waals surface area contributed by atoms with E-state index in [0.29, 0.717) is 27.8 Å². The number of carboxylic acid groups (broad SMARTS) is 1. The number of rotatable bonds is 6. The number of aryl methyl sites for hydroxylation is 1. The minimum atomic E-state index is -1.03. The molecule has 1 aromatic carbocycles. The van der Waals surface area contributed by atoms with Crippen molar-refractivity contribution in [1.29, 1.82) is 0 Å². The first-order valence-corrected chi connectivity index (χ1v) is 10.9. The van der Waals surface area contributed by atoms with Crippen molar-refractivity contribution in [3.05, 3.63) is 52.5 Å². The molecule has 0 aliphatic carbocycles. The Morgan fingerprint density at radius 3 is 2.48 bits per heavy atom. The Kier molecular flexibility index (Phi) is 8.10. The van der Waals surface area contributed by atoms with E-state index in [1.165, 1.54) is 30.0 Å². The predicted octanol–water partition coefficient (Wildman–Crippen LogP) is 5.91. The lowest BCUT2D eigenvalue weighted by Gasteiger charge is -2.14. The lowest BCUT2D eigenvalue weighted by molar-refractivity contribution is -0.136. The molecular formula is C20H21F2N3O2S2. The Hall–Kier alpha value is -2.52. The molecule has 2 N–H and O–H groups in total. The highest BCUT2D eigenvalue weighted by atomic mass is 32.2. The molecule has 0 aliphatic rings. The molecule has 0 radical (unpaired) electrons. The lowest BCUT2D eigenvalue weighted by Crippen LogP contribution is -2.05. The molecular weight excluding hydrogens is 416 g/mol. The van der Waals surface area contributed by atoms with Gasteiger partial charge in [0.05, 0.1) is 27.6 Å². The van der Waals surface area contributed by atoms with Gasteiger partial charge in [0.2, 0.25) is 0 Å². The van der Waals surface area contributed by atoms with Gasteiger partial charge in [0.15, 0.2) is 11.0 Å². The molecule has 3 rings (SSSR count). The van der Waals surface area contributed by atoms with Gasteiger partial charge in [-0.15, -0.1) is 23.1 Å². The van der Waals surface area contributed by atoms with Gasteiger partial charge in [-0.3, -0.25) is 4.79 Å². The first kappa shape index (κ1) is 22.8. The first-order chi connectivity index (χ1) is 13.9. The van der Waals surface area contributed by atoms with Gasteiger partial charge in [0.1, 0.15) is 11.6 Å². The van der Waals surface area contributed by atoms with E-state index in [4.69, 9.17) is 5.11 Å². The third-order valence-corrected chi connectivity index (χ3v) is 5.44. The Bertz CT molecular complexity index is 1010. The summed E-state index contributed by atoms with van der Waals surface area (Å²) >= 11 is 2.34. The molecule has 0 aliphatic heterocycles. The van der Waals surface area contributed by atoms with Gasteiger partial charge in [0.25, 0.3) is 0 Å². The van der Waals surface area contributed by atoms with E-state index in [1.807, 2.05) is 20.1 Å². The normalized spacial score (nSPS) is 10.3. The molecule has 0 amide bonds. The van der Waals surface area contributed by atoms with Gasteiger partial charge < -0.3 is 10.4 Å². The van der Waals surface area contributed by atoms with Gasteiger partial charge in [-0.25, -0.2) is 14.4 Å². The molecule has 0 atom stereocenters. The summed E-state index contributed by atoms with van der Waals surface area (Å²) in [5.74, 6) is -0.854. The van der Waals surface area contributed by atoms with Crippen LogP contribution in [0.5, 0.6) is 0 Å². The third kappa shape index (κ3) is 5.74. The summed E-state index contributed by atoms with van der Waals surface area (Å²) < 4.78 is 27.7. The maximum absolute atomic E-state index is 14.4. The SMILES string of the molecule is CC.CSc1c(C)nc(-c2ccc(F)s2)nc1Nc1ccc(CC(=O)O)cc1F. The smallest absolute Gasteiger partial charge is 0.307 e. The number of thioether (sulfide) groups is 1. The second kappa shape index (κ2) is 10.3. The molecule has 0 unspecified atom stereocenters. The monoisotopic (exact) mass is 437 g/mol. The van der Waals surface area contributed by atoms with Crippen molar-refractivity contribution < 1.29 is 18.7 Å². The summed E-state index contributed by atoms with van der Waals surface area (Å²) in [5, 5.41) is 11.4. The average Bonchev–Trinajstić information content (AvgIpc) is 3.11. The van der Waals surface area contributed by atoms with Crippen LogP contribution in [0.1, 0.15) is 25.1 Å². The number of benzene rings is 1. The fourth-order valence-corrected chi connectivity index (χ4v) is 3.80. The van der Waals surface area contributed by atoms with Crippen LogP contribution in [0.2, 0.25) is 0 Å². The van der Waals surface area contributed by atoms with Crippen LogP contribution in [0.3, 0.4) is 0 Å². The third-order valence-electron chi connectivity index (χ3n) is 3.67. The number of nitrogens with one attached hydrogen (secondary N) is 1. The zero-order chi connectivity index (χ0) is 21.6. The van der Waals surface area contributed by atoms with Crippen LogP contribution in [0.15, 0.2) is 35.2 Å². The van der Waals surface area contributed by atoms with E-state index in [-0.39, 0.29) is 17.2 Å². The topological polar surface area (TPSA) is 75.1 Å². The molecule has 0 bridgehead atoms. The molecule has 0 saturated heterocycles. The van der Waals surface area contributed by atoms with Gasteiger partial charge in [-0.2, -0.15) is 4.39 Å². The van der Waals surface area contributed by atoms with Crippen LogP contribution in [0, 0.1) is 17.9 Å². The molecule has 3 aromatic rings. The molecule has 0 spiro atoms. The molecule has 2 aromatic heterocycles. The first-order valence-electron chi connectivity index (χ1n) is 8.83. The number of aliphatic carboxylic acids is 1. The van der Waals surface area contributed by atoms with Gasteiger partial charge in [-0.1, -0.05) is 19.9 Å². The van der Waals surface area contributed by atoms with Gasteiger partial charge in [-0.05, 0) is 43.0 Å². The Balaban J connectivity index is 0.00000145. The molecule has 29 heavy (non-hydrogen) atoms. The lowest BCUT2D eigenvalue weighted by atomic mass is 10.1. The molecule has 0 fully saturated rings. The number of nitrogens with zero attached hydrogens (tertiary/aromatic N) is 2. The van der Waals surface area contributed by atoms with Gasteiger partial charge in [0, 0.05) is 0 Å². The summed E-state index contributed by atoms with van der Waals surface area (Å²) in [4.78, 5) is 20.9. The second-order valence-electron chi connectivity index (χ2n) is 5.63. The quantitative estimate of drug-likeness (QED) is 0.467. The second-order valence-corrected chi connectivity index (χ2v) is 7.48. The fourth-order valence-electron chi connectivity index (χ4n) is 2.51. The van der Waals surface area contributed by atoms with E-state index in [9.17, 15) is 13.6 Å². The summed E-state index contributed by atoms with van der Waals surface area (Å²) in [6, 6.07) is 7.13. The molecule has 9 heteroatoms. The zero-order valence-corrected chi connectivity index (χ0v) is 18.0. The van der Waals surface area contributed by atoms with E-state index in [2.05, 4.69) is 15.3 Å². The number of carbonyl (C=O) groups is 1. The van der Waals surface area contributed by atoms with Crippen molar-refractivity contribution in [1.82, 2.24) is 9.97 Å². The van der Waals surface area contributed by atoms with Crippen molar-refractivity contribution in [3.8, 4) is 10.7 Å². The minimum Gasteiger partial charge on any atom is -0.481 e. The predicted molar refractivity (Wildman–Crippen MR) is 114 cm³/mol. The number of hydrogen-bond donors (Lipinski definition) is 2. The molecule has 154 valence electrons. The maximum atomic E-state index is 14.4. The maximum Gasteiger partial charge on any atom is 0.307 e. The van der Waals surface area contributed by atoms with Crippen molar-refractivity contribution >= 4 is 40.6 Å². The number of anilines is 2. The van der Waals surface area contributed by atoms with Crippen LogP contribution in [0.25, 0.3) is 10.7 Å². The molecule has 5 nitrogen and oxygen atoms in total. The van der Waals surface area contributed by atoms with E-state index in [0.717, 1.165) is 16.2 Å². The fraction of sp³-hybridized carbons (Fsp3) is 0.250. The largest absolute Gasteiger partial charge is 0.481 e. The molecule has 2 heterocycles. The van der Waals surface area contributed by atoms with Gasteiger partial charge >= 0.3 is 5.97 Å². The zero-order valence-electron chi connectivity index (χ0n) is 16.4. The number of hydrogen-bond acceptors (Lipinski definition) is 6. The minimum absolute atomic E-state index is 0.167.